The number of carbonyl (C=O) groups excluding carboxylic acids is 1. The maximum atomic E-state index is 12.5. The number of aryl methyl sites for hydroxylation is 1. The molecule has 0 spiro atoms. The van der Waals surface area contributed by atoms with Gasteiger partial charge in [-0.2, -0.15) is 0 Å². The second-order valence-corrected chi connectivity index (χ2v) is 7.75. The Bertz CT molecular complexity index is 676. The first-order valence-corrected chi connectivity index (χ1v) is 9.50. The van der Waals surface area contributed by atoms with E-state index in [9.17, 15) is 4.79 Å². The number of fused-ring (bicyclic) bond motifs is 1. The van der Waals surface area contributed by atoms with Gasteiger partial charge in [0, 0.05) is 48.7 Å². The van der Waals surface area contributed by atoms with Crippen molar-refractivity contribution in [2.45, 2.75) is 31.7 Å². The molecule has 1 amide bonds. The molecule has 0 bridgehead atoms. The Labute approximate surface area is 146 Å². The third-order valence-electron chi connectivity index (χ3n) is 5.27. The van der Waals surface area contributed by atoms with Gasteiger partial charge in [-0.3, -0.25) is 9.78 Å². The number of likely N-dealkylation sites (tertiary alicyclic amines) is 1. The van der Waals surface area contributed by atoms with E-state index < -0.39 is 0 Å². The normalized spacial score (nSPS) is 25.7. The molecular formula is C18H22N4OS. The molecule has 0 aromatic carbocycles. The second kappa shape index (κ2) is 6.89. The van der Waals surface area contributed by atoms with E-state index in [1.54, 1.807) is 29.9 Å². The quantitative estimate of drug-likeness (QED) is 0.908. The monoisotopic (exact) mass is 342 g/mol. The number of hydrogen-bond donors (Lipinski definition) is 1. The highest BCUT2D eigenvalue weighted by Crippen LogP contribution is 2.39. The summed E-state index contributed by atoms with van der Waals surface area (Å²) in [5.74, 6) is 2.31. The van der Waals surface area contributed by atoms with Gasteiger partial charge in [-0.25, -0.2) is 4.98 Å². The smallest absolute Gasteiger partial charge is 0.222 e. The fourth-order valence-electron chi connectivity index (χ4n) is 4.05. The molecule has 2 aromatic heterocycles. The van der Waals surface area contributed by atoms with Crippen molar-refractivity contribution in [2.75, 3.05) is 18.4 Å². The lowest BCUT2D eigenvalue weighted by molar-refractivity contribution is -0.130. The number of aromatic nitrogens is 2. The number of anilines is 1. The first-order chi connectivity index (χ1) is 11.8. The highest BCUT2D eigenvalue weighted by Gasteiger charge is 2.43. The number of nitrogens with one attached hydrogen (secondary N) is 1. The van der Waals surface area contributed by atoms with Crippen LogP contribution in [0, 0.1) is 11.8 Å². The van der Waals surface area contributed by atoms with Crippen LogP contribution in [-0.2, 0) is 11.2 Å². The molecule has 24 heavy (non-hydrogen) atoms. The van der Waals surface area contributed by atoms with Gasteiger partial charge in [0.25, 0.3) is 0 Å². The Morgan fingerprint density at radius 1 is 1.33 bits per heavy atom. The molecule has 1 N–H and O–H groups in total. The van der Waals surface area contributed by atoms with Gasteiger partial charge >= 0.3 is 0 Å². The predicted molar refractivity (Wildman–Crippen MR) is 94.9 cm³/mol. The van der Waals surface area contributed by atoms with Crippen molar-refractivity contribution in [1.82, 2.24) is 14.9 Å². The summed E-state index contributed by atoms with van der Waals surface area (Å²) in [5.41, 5.74) is 0. The van der Waals surface area contributed by atoms with Gasteiger partial charge < -0.3 is 10.2 Å². The van der Waals surface area contributed by atoms with Crippen LogP contribution in [0.5, 0.6) is 0 Å². The Balaban J connectivity index is 1.32. The first-order valence-electron chi connectivity index (χ1n) is 8.62. The third-order valence-corrected chi connectivity index (χ3v) is 6.21. The standard InChI is InChI=1S/C18H22N4OS/c23-18(6-4-14-2-1-9-24-14)22-11-13-3-5-16(15(13)12-22)21-17-10-19-7-8-20-17/h1-2,7-10,13,15-16H,3-6,11-12H2,(H,20,21)/t13-,15+,16-/m1/s1. The molecule has 2 aromatic rings. The lowest BCUT2D eigenvalue weighted by Crippen LogP contribution is -2.33. The van der Waals surface area contributed by atoms with Crippen molar-refractivity contribution < 1.29 is 4.79 Å². The van der Waals surface area contributed by atoms with Crippen LogP contribution >= 0.6 is 11.3 Å². The Kier molecular flexibility index (Phi) is 4.47. The van der Waals surface area contributed by atoms with Crippen molar-refractivity contribution in [1.29, 1.82) is 0 Å². The predicted octanol–water partition coefficient (Wildman–Crippen LogP) is 2.82. The topological polar surface area (TPSA) is 58.1 Å². The van der Waals surface area contributed by atoms with Crippen molar-refractivity contribution in [2.24, 2.45) is 11.8 Å². The summed E-state index contributed by atoms with van der Waals surface area (Å²) >= 11 is 1.73. The van der Waals surface area contributed by atoms with E-state index in [0.29, 0.717) is 30.2 Å². The van der Waals surface area contributed by atoms with E-state index >= 15 is 0 Å². The van der Waals surface area contributed by atoms with Crippen LogP contribution in [0.15, 0.2) is 36.1 Å². The van der Waals surface area contributed by atoms with Gasteiger partial charge in [0.2, 0.25) is 5.91 Å². The van der Waals surface area contributed by atoms with Gasteiger partial charge in [0.1, 0.15) is 5.82 Å². The Morgan fingerprint density at radius 3 is 3.08 bits per heavy atom. The highest BCUT2D eigenvalue weighted by molar-refractivity contribution is 7.09. The summed E-state index contributed by atoms with van der Waals surface area (Å²) in [6.07, 6.45) is 9.01. The van der Waals surface area contributed by atoms with Crippen molar-refractivity contribution in [3.8, 4) is 0 Å². The number of nitrogens with zero attached hydrogens (tertiary/aromatic N) is 3. The summed E-state index contributed by atoms with van der Waals surface area (Å²) < 4.78 is 0. The van der Waals surface area contributed by atoms with Crippen molar-refractivity contribution in [3.05, 3.63) is 41.0 Å². The van der Waals surface area contributed by atoms with E-state index in [0.717, 1.165) is 31.7 Å². The molecule has 0 unspecified atom stereocenters. The molecule has 1 aliphatic heterocycles. The maximum absolute atomic E-state index is 12.5. The van der Waals surface area contributed by atoms with Gasteiger partial charge in [0.05, 0.1) is 6.20 Å². The molecule has 3 atom stereocenters. The van der Waals surface area contributed by atoms with Crippen LogP contribution in [0.3, 0.4) is 0 Å². The van der Waals surface area contributed by atoms with E-state index in [1.807, 2.05) is 6.07 Å². The van der Waals surface area contributed by atoms with Crippen LogP contribution < -0.4 is 5.32 Å². The summed E-state index contributed by atoms with van der Waals surface area (Å²) in [6, 6.07) is 4.56. The zero-order valence-electron chi connectivity index (χ0n) is 13.6. The number of carbonyl (C=O) groups is 1. The molecule has 3 heterocycles. The van der Waals surface area contributed by atoms with E-state index in [-0.39, 0.29) is 0 Å². The third kappa shape index (κ3) is 3.29. The molecule has 2 aliphatic rings. The highest BCUT2D eigenvalue weighted by atomic mass is 32.1. The minimum Gasteiger partial charge on any atom is -0.366 e. The molecule has 2 fully saturated rings. The molecular weight excluding hydrogens is 320 g/mol. The van der Waals surface area contributed by atoms with Gasteiger partial charge in [-0.05, 0) is 36.6 Å². The fraction of sp³-hybridized carbons (Fsp3) is 0.500. The zero-order valence-corrected chi connectivity index (χ0v) is 14.4. The molecule has 0 radical (unpaired) electrons. The van der Waals surface area contributed by atoms with Gasteiger partial charge in [-0.1, -0.05) is 6.07 Å². The lowest BCUT2D eigenvalue weighted by Gasteiger charge is -2.22. The lowest BCUT2D eigenvalue weighted by atomic mass is 9.98. The molecule has 126 valence electrons. The summed E-state index contributed by atoms with van der Waals surface area (Å²) in [6.45, 7) is 1.80. The molecule has 1 saturated heterocycles. The van der Waals surface area contributed by atoms with Crippen molar-refractivity contribution >= 4 is 23.1 Å². The molecule has 4 rings (SSSR count). The van der Waals surface area contributed by atoms with Crippen LogP contribution in [0.25, 0.3) is 0 Å². The van der Waals surface area contributed by atoms with Crippen LogP contribution in [-0.4, -0.2) is 39.9 Å². The molecule has 1 aliphatic carbocycles. The summed E-state index contributed by atoms with van der Waals surface area (Å²) in [7, 11) is 0. The largest absolute Gasteiger partial charge is 0.366 e. The van der Waals surface area contributed by atoms with Gasteiger partial charge in [0.15, 0.2) is 0 Å². The average molecular weight is 342 g/mol. The van der Waals surface area contributed by atoms with E-state index in [2.05, 4.69) is 31.6 Å². The second-order valence-electron chi connectivity index (χ2n) is 6.72. The molecule has 6 heteroatoms. The van der Waals surface area contributed by atoms with E-state index in [1.165, 1.54) is 11.3 Å². The molecule has 5 nitrogen and oxygen atoms in total. The Morgan fingerprint density at radius 2 is 2.29 bits per heavy atom. The number of rotatable bonds is 5. The summed E-state index contributed by atoms with van der Waals surface area (Å²) in [5, 5.41) is 5.59. The van der Waals surface area contributed by atoms with E-state index in [4.69, 9.17) is 0 Å². The van der Waals surface area contributed by atoms with Gasteiger partial charge in [-0.15, -0.1) is 11.3 Å². The Hall–Kier alpha value is -1.95. The number of thiophene rings is 1. The van der Waals surface area contributed by atoms with Crippen molar-refractivity contribution in [3.63, 3.8) is 0 Å². The summed E-state index contributed by atoms with van der Waals surface area (Å²) in [4.78, 5) is 24.3. The first kappa shape index (κ1) is 15.6. The number of hydrogen-bond acceptors (Lipinski definition) is 5. The fourth-order valence-corrected chi connectivity index (χ4v) is 4.76. The SMILES string of the molecule is O=C(CCc1cccs1)N1C[C@H]2CC[C@@H](Nc3cnccn3)[C@H]2C1. The minimum atomic E-state index is 0.302. The maximum Gasteiger partial charge on any atom is 0.222 e. The van der Waals surface area contributed by atoms with Crippen LogP contribution in [0.2, 0.25) is 0 Å². The number of amides is 1. The minimum absolute atomic E-state index is 0.302. The van der Waals surface area contributed by atoms with Crippen LogP contribution in [0.4, 0.5) is 5.82 Å². The molecule has 1 saturated carbocycles. The average Bonchev–Trinajstić information content (AvgIpc) is 3.32. The van der Waals surface area contributed by atoms with Crippen LogP contribution in [0.1, 0.15) is 24.1 Å². The zero-order chi connectivity index (χ0) is 16.4.